The molecule has 0 fully saturated rings. The highest BCUT2D eigenvalue weighted by Gasteiger charge is 2.20. The van der Waals surface area contributed by atoms with Crippen molar-refractivity contribution in [1.82, 2.24) is 10.3 Å². The molecule has 1 rings (SSSR count). The maximum Gasteiger partial charge on any atom is 0.315 e. The monoisotopic (exact) mass is 284 g/mol. The molecule has 0 spiro atoms. The van der Waals surface area contributed by atoms with Crippen LogP contribution in [0.2, 0.25) is 0 Å². The van der Waals surface area contributed by atoms with Gasteiger partial charge in [-0.25, -0.2) is 4.98 Å². The smallest absolute Gasteiger partial charge is 0.315 e. The van der Waals surface area contributed by atoms with Gasteiger partial charge in [0, 0.05) is 23.8 Å². The summed E-state index contributed by atoms with van der Waals surface area (Å²) in [5.41, 5.74) is 0.961. The Hall–Kier alpha value is -1.43. The van der Waals surface area contributed by atoms with Crippen LogP contribution in [0.15, 0.2) is 5.38 Å². The lowest BCUT2D eigenvalue weighted by atomic mass is 9.98. The summed E-state index contributed by atoms with van der Waals surface area (Å²) in [7, 11) is 0. The van der Waals surface area contributed by atoms with Gasteiger partial charge in [-0.3, -0.25) is 9.59 Å². The van der Waals surface area contributed by atoms with E-state index < -0.39 is 17.8 Å². The van der Waals surface area contributed by atoms with Gasteiger partial charge in [-0.2, -0.15) is 0 Å². The van der Waals surface area contributed by atoms with Gasteiger partial charge < -0.3 is 10.4 Å². The number of thiazole rings is 1. The third-order valence-corrected chi connectivity index (χ3v) is 3.95. The summed E-state index contributed by atoms with van der Waals surface area (Å²) in [6.45, 7) is 8.09. The van der Waals surface area contributed by atoms with E-state index in [9.17, 15) is 9.59 Å². The molecule has 1 unspecified atom stereocenters. The molecule has 0 saturated heterocycles. The molecule has 6 heteroatoms. The summed E-state index contributed by atoms with van der Waals surface area (Å²) >= 11 is 1.61. The van der Waals surface area contributed by atoms with Crippen LogP contribution < -0.4 is 5.32 Å². The van der Waals surface area contributed by atoms with E-state index in [1.807, 2.05) is 5.38 Å². The molecule has 1 heterocycles. The van der Waals surface area contributed by atoms with Gasteiger partial charge in [0.2, 0.25) is 5.91 Å². The lowest BCUT2D eigenvalue weighted by Crippen LogP contribution is -2.34. The summed E-state index contributed by atoms with van der Waals surface area (Å²) in [5, 5.41) is 14.3. The van der Waals surface area contributed by atoms with Crippen LogP contribution in [0, 0.1) is 5.92 Å². The largest absolute Gasteiger partial charge is 0.481 e. The van der Waals surface area contributed by atoms with E-state index in [2.05, 4.69) is 31.1 Å². The second-order valence-electron chi connectivity index (χ2n) is 5.49. The van der Waals surface area contributed by atoms with Crippen LogP contribution in [-0.4, -0.2) is 28.5 Å². The molecule has 1 atom stereocenters. The van der Waals surface area contributed by atoms with Gasteiger partial charge in [0.05, 0.1) is 10.7 Å². The van der Waals surface area contributed by atoms with Crippen LogP contribution in [0.5, 0.6) is 0 Å². The van der Waals surface area contributed by atoms with Crippen molar-refractivity contribution in [3.63, 3.8) is 0 Å². The van der Waals surface area contributed by atoms with Gasteiger partial charge in [0.15, 0.2) is 0 Å². The Kier molecular flexibility index (Phi) is 5.05. The number of hydrogen-bond acceptors (Lipinski definition) is 4. The number of rotatable bonds is 5. The average Bonchev–Trinajstić information content (AvgIpc) is 2.76. The van der Waals surface area contributed by atoms with E-state index in [0.717, 1.165) is 10.7 Å². The SMILES string of the molecule is CC(C(=O)O)C(=O)NCCc1csc(C(C)(C)C)n1. The van der Waals surface area contributed by atoms with E-state index >= 15 is 0 Å². The summed E-state index contributed by atoms with van der Waals surface area (Å²) in [6, 6.07) is 0. The van der Waals surface area contributed by atoms with Crippen molar-refractivity contribution in [2.24, 2.45) is 5.92 Å². The van der Waals surface area contributed by atoms with Crippen molar-refractivity contribution in [2.75, 3.05) is 6.54 Å². The molecular formula is C13H20N2O3S. The molecule has 1 aromatic rings. The fourth-order valence-corrected chi connectivity index (χ4v) is 2.29. The number of hydrogen-bond donors (Lipinski definition) is 2. The topological polar surface area (TPSA) is 79.3 Å². The lowest BCUT2D eigenvalue weighted by Gasteiger charge is -2.13. The molecule has 0 aliphatic heterocycles. The quantitative estimate of drug-likeness (QED) is 0.808. The van der Waals surface area contributed by atoms with Crippen molar-refractivity contribution < 1.29 is 14.7 Å². The third kappa shape index (κ3) is 4.63. The molecule has 0 aliphatic carbocycles. The summed E-state index contributed by atoms with van der Waals surface area (Å²) in [6.07, 6.45) is 0.616. The number of aromatic nitrogens is 1. The zero-order chi connectivity index (χ0) is 14.6. The number of amides is 1. The summed E-state index contributed by atoms with van der Waals surface area (Å²) in [4.78, 5) is 26.6. The zero-order valence-electron chi connectivity index (χ0n) is 11.7. The number of nitrogens with zero attached hydrogens (tertiary/aromatic N) is 1. The second kappa shape index (κ2) is 6.14. The Morgan fingerprint density at radius 1 is 1.47 bits per heavy atom. The highest BCUT2D eigenvalue weighted by atomic mass is 32.1. The number of carboxylic acids is 1. The maximum atomic E-state index is 11.4. The third-order valence-electron chi connectivity index (χ3n) is 2.64. The Balaban J connectivity index is 2.44. The minimum Gasteiger partial charge on any atom is -0.481 e. The van der Waals surface area contributed by atoms with Crippen LogP contribution in [-0.2, 0) is 21.4 Å². The fourth-order valence-electron chi connectivity index (χ4n) is 1.35. The standard InChI is InChI=1S/C13H20N2O3S/c1-8(11(17)18)10(16)14-6-5-9-7-19-12(15-9)13(2,3)4/h7-8H,5-6H2,1-4H3,(H,14,16)(H,17,18). The minimum atomic E-state index is -1.11. The van der Waals surface area contributed by atoms with Crippen molar-refractivity contribution in [3.8, 4) is 0 Å². The predicted octanol–water partition coefficient (Wildman–Crippen LogP) is 1.82. The Morgan fingerprint density at radius 2 is 2.11 bits per heavy atom. The molecule has 1 amide bonds. The maximum absolute atomic E-state index is 11.4. The molecule has 1 aromatic heterocycles. The predicted molar refractivity (Wildman–Crippen MR) is 74.3 cm³/mol. The average molecular weight is 284 g/mol. The second-order valence-corrected chi connectivity index (χ2v) is 6.35. The zero-order valence-corrected chi connectivity index (χ0v) is 12.5. The van der Waals surface area contributed by atoms with Crippen LogP contribution in [0.1, 0.15) is 38.4 Å². The van der Waals surface area contributed by atoms with E-state index in [1.165, 1.54) is 6.92 Å². The lowest BCUT2D eigenvalue weighted by molar-refractivity contribution is -0.146. The number of carbonyl (C=O) groups is 2. The Labute approximate surface area is 117 Å². The summed E-state index contributed by atoms with van der Waals surface area (Å²) < 4.78 is 0. The van der Waals surface area contributed by atoms with Gasteiger partial charge in [-0.05, 0) is 6.92 Å². The van der Waals surface area contributed by atoms with Crippen LogP contribution >= 0.6 is 11.3 Å². The molecule has 0 radical (unpaired) electrons. The summed E-state index contributed by atoms with van der Waals surface area (Å²) in [5.74, 6) is -2.58. The van der Waals surface area contributed by atoms with Gasteiger partial charge in [0.25, 0.3) is 0 Å². The van der Waals surface area contributed by atoms with Gasteiger partial charge >= 0.3 is 5.97 Å². The fraction of sp³-hybridized carbons (Fsp3) is 0.615. The molecule has 0 saturated carbocycles. The number of aliphatic carboxylic acids is 1. The molecule has 2 N–H and O–H groups in total. The van der Waals surface area contributed by atoms with Crippen LogP contribution in [0.4, 0.5) is 0 Å². The first-order chi connectivity index (χ1) is 8.71. The van der Waals surface area contributed by atoms with Crippen molar-refractivity contribution >= 4 is 23.2 Å². The van der Waals surface area contributed by atoms with Gasteiger partial charge in [0.1, 0.15) is 5.92 Å². The van der Waals surface area contributed by atoms with E-state index in [1.54, 1.807) is 11.3 Å². The molecule has 19 heavy (non-hydrogen) atoms. The Morgan fingerprint density at radius 3 is 2.58 bits per heavy atom. The van der Waals surface area contributed by atoms with Crippen molar-refractivity contribution in [3.05, 3.63) is 16.1 Å². The molecule has 0 bridgehead atoms. The first-order valence-corrected chi connectivity index (χ1v) is 7.05. The molecule has 0 aliphatic rings. The van der Waals surface area contributed by atoms with Gasteiger partial charge in [-0.15, -0.1) is 11.3 Å². The van der Waals surface area contributed by atoms with E-state index in [4.69, 9.17) is 5.11 Å². The van der Waals surface area contributed by atoms with Crippen LogP contribution in [0.3, 0.4) is 0 Å². The van der Waals surface area contributed by atoms with Gasteiger partial charge in [-0.1, -0.05) is 20.8 Å². The molecule has 5 nitrogen and oxygen atoms in total. The molecular weight excluding hydrogens is 264 g/mol. The number of carbonyl (C=O) groups excluding carboxylic acids is 1. The molecule has 0 aromatic carbocycles. The number of nitrogens with one attached hydrogen (secondary N) is 1. The Bertz CT molecular complexity index is 463. The molecule has 106 valence electrons. The first-order valence-electron chi connectivity index (χ1n) is 6.17. The highest BCUT2D eigenvalue weighted by molar-refractivity contribution is 7.09. The van der Waals surface area contributed by atoms with E-state index in [0.29, 0.717) is 13.0 Å². The van der Waals surface area contributed by atoms with Crippen molar-refractivity contribution in [1.29, 1.82) is 0 Å². The van der Waals surface area contributed by atoms with E-state index in [-0.39, 0.29) is 5.41 Å². The van der Waals surface area contributed by atoms with Crippen LogP contribution in [0.25, 0.3) is 0 Å². The van der Waals surface area contributed by atoms with Crippen molar-refractivity contribution in [2.45, 2.75) is 39.5 Å². The highest BCUT2D eigenvalue weighted by Crippen LogP contribution is 2.25. The normalized spacial score (nSPS) is 13.1. The minimum absolute atomic E-state index is 0.0317. The number of carboxylic acid groups (broad SMARTS) is 1. The first kappa shape index (κ1) is 15.6.